The van der Waals surface area contributed by atoms with E-state index in [0.717, 1.165) is 11.2 Å². The minimum Gasteiger partial charge on any atom is -0.308 e. The largest absolute Gasteiger partial charge is 0.308 e. The van der Waals surface area contributed by atoms with E-state index in [1.54, 1.807) is 0 Å². The molecule has 4 heteroatoms. The summed E-state index contributed by atoms with van der Waals surface area (Å²) < 4.78 is 2.34. The van der Waals surface area contributed by atoms with Crippen molar-refractivity contribution in [2.45, 2.75) is 76.1 Å². The summed E-state index contributed by atoms with van der Waals surface area (Å²) in [6.07, 6.45) is 6.48. The molecule has 3 nitrogen and oxygen atoms in total. The molecule has 102 valence electrons. The molecule has 1 fully saturated rings. The van der Waals surface area contributed by atoms with E-state index < -0.39 is 0 Å². The summed E-state index contributed by atoms with van der Waals surface area (Å²) in [6, 6.07) is 0. The van der Waals surface area contributed by atoms with Gasteiger partial charge in [0, 0.05) is 11.0 Å². The molecule has 18 heavy (non-hydrogen) atoms. The van der Waals surface area contributed by atoms with Gasteiger partial charge in [-0.1, -0.05) is 42.1 Å². The minimum atomic E-state index is 0.0440. The van der Waals surface area contributed by atoms with Crippen LogP contribution in [0.3, 0.4) is 0 Å². The minimum absolute atomic E-state index is 0.0440. The van der Waals surface area contributed by atoms with Crippen molar-refractivity contribution < 1.29 is 0 Å². The third-order valence-electron chi connectivity index (χ3n) is 4.02. The van der Waals surface area contributed by atoms with Gasteiger partial charge in [-0.2, -0.15) is 0 Å². The van der Waals surface area contributed by atoms with Crippen molar-refractivity contribution >= 4 is 15.9 Å². The highest BCUT2D eigenvalue weighted by Crippen LogP contribution is 2.39. The average Bonchev–Trinajstić information content (AvgIpc) is 2.74. The molecule has 1 aliphatic carbocycles. The summed E-state index contributed by atoms with van der Waals surface area (Å²) in [5.74, 6) is 2.23. The zero-order valence-corrected chi connectivity index (χ0v) is 13.5. The molecule has 0 spiro atoms. The van der Waals surface area contributed by atoms with Crippen LogP contribution in [-0.2, 0) is 16.3 Å². The summed E-state index contributed by atoms with van der Waals surface area (Å²) >= 11 is 3.53. The molecule has 0 atom stereocenters. The average molecular weight is 314 g/mol. The highest BCUT2D eigenvalue weighted by atomic mass is 79.9. The molecule has 0 unspecified atom stereocenters. The van der Waals surface area contributed by atoms with Crippen LogP contribution in [0.15, 0.2) is 0 Å². The van der Waals surface area contributed by atoms with Crippen LogP contribution < -0.4 is 0 Å². The van der Waals surface area contributed by atoms with Gasteiger partial charge in [-0.15, -0.1) is 10.2 Å². The van der Waals surface area contributed by atoms with Crippen molar-refractivity contribution in [3.63, 3.8) is 0 Å². The predicted molar refractivity (Wildman–Crippen MR) is 78.1 cm³/mol. The normalized spacial score (nSPS) is 20.1. The van der Waals surface area contributed by atoms with Crippen molar-refractivity contribution in [3.05, 3.63) is 11.6 Å². The third kappa shape index (κ3) is 2.49. The molecule has 2 rings (SSSR count). The Morgan fingerprint density at radius 3 is 2.28 bits per heavy atom. The predicted octanol–water partition coefficient (Wildman–Crippen LogP) is 4.15. The second kappa shape index (κ2) is 4.95. The van der Waals surface area contributed by atoms with Gasteiger partial charge in [0.15, 0.2) is 0 Å². The third-order valence-corrected chi connectivity index (χ3v) is 4.52. The number of aromatic nitrogens is 3. The van der Waals surface area contributed by atoms with E-state index in [-0.39, 0.29) is 11.0 Å². The fourth-order valence-corrected chi connectivity index (χ4v) is 3.42. The van der Waals surface area contributed by atoms with Crippen LogP contribution in [0.1, 0.15) is 71.4 Å². The van der Waals surface area contributed by atoms with Crippen LogP contribution in [0, 0.1) is 0 Å². The highest BCUT2D eigenvalue weighted by molar-refractivity contribution is 9.08. The Morgan fingerprint density at radius 2 is 1.78 bits per heavy atom. The molecule has 1 aromatic heterocycles. The molecular weight excluding hydrogens is 290 g/mol. The number of rotatable bonds is 2. The van der Waals surface area contributed by atoms with Crippen LogP contribution in [-0.4, -0.2) is 14.8 Å². The van der Waals surface area contributed by atoms with Gasteiger partial charge >= 0.3 is 0 Å². The van der Waals surface area contributed by atoms with Crippen molar-refractivity contribution in [3.8, 4) is 0 Å². The molecule has 1 saturated carbocycles. The standard InChI is InChI=1S/C14H24BrN3/c1-13(2,3)18-11(10-15)16-17-12(18)14(4)8-6-5-7-9-14/h5-10H2,1-4H3. The molecule has 1 aliphatic rings. The molecule has 0 N–H and O–H groups in total. The van der Waals surface area contributed by atoms with E-state index in [9.17, 15) is 0 Å². The van der Waals surface area contributed by atoms with Crippen molar-refractivity contribution in [1.29, 1.82) is 0 Å². The van der Waals surface area contributed by atoms with E-state index in [4.69, 9.17) is 0 Å². The van der Waals surface area contributed by atoms with Crippen molar-refractivity contribution in [2.24, 2.45) is 0 Å². The summed E-state index contributed by atoms with van der Waals surface area (Å²) in [5, 5.41) is 9.69. The number of halogens is 1. The first-order valence-corrected chi connectivity index (χ1v) is 8.02. The zero-order valence-electron chi connectivity index (χ0n) is 12.0. The smallest absolute Gasteiger partial charge is 0.144 e. The molecule has 0 aromatic carbocycles. The van der Waals surface area contributed by atoms with Gasteiger partial charge in [-0.25, -0.2) is 0 Å². The van der Waals surface area contributed by atoms with E-state index in [0.29, 0.717) is 0 Å². The van der Waals surface area contributed by atoms with E-state index in [1.807, 2.05) is 0 Å². The molecule has 0 aliphatic heterocycles. The van der Waals surface area contributed by atoms with Gasteiger partial charge in [0.25, 0.3) is 0 Å². The van der Waals surface area contributed by atoms with Gasteiger partial charge in [-0.05, 0) is 33.6 Å². The second-order valence-electron chi connectivity index (χ2n) is 6.70. The monoisotopic (exact) mass is 313 g/mol. The van der Waals surface area contributed by atoms with E-state index in [2.05, 4.69) is 58.4 Å². The Morgan fingerprint density at radius 1 is 1.17 bits per heavy atom. The lowest BCUT2D eigenvalue weighted by atomic mass is 9.74. The van der Waals surface area contributed by atoms with Crippen LogP contribution in [0.2, 0.25) is 0 Å². The second-order valence-corrected chi connectivity index (χ2v) is 7.26. The Kier molecular flexibility index (Phi) is 3.86. The molecule has 1 heterocycles. The summed E-state index contributed by atoms with van der Waals surface area (Å²) in [7, 11) is 0. The Labute approximate surface area is 118 Å². The fraction of sp³-hybridized carbons (Fsp3) is 0.857. The highest BCUT2D eigenvalue weighted by Gasteiger charge is 2.36. The first-order chi connectivity index (χ1) is 8.38. The maximum Gasteiger partial charge on any atom is 0.144 e. The van der Waals surface area contributed by atoms with Crippen LogP contribution >= 0.6 is 15.9 Å². The lowest BCUT2D eigenvalue weighted by Crippen LogP contribution is -2.35. The zero-order chi connectivity index (χ0) is 13.4. The van der Waals surface area contributed by atoms with Gasteiger partial charge in [0.1, 0.15) is 11.6 Å². The number of hydrogen-bond donors (Lipinski definition) is 0. The Hall–Kier alpha value is -0.380. The van der Waals surface area contributed by atoms with Crippen LogP contribution in [0.4, 0.5) is 0 Å². The summed E-state index contributed by atoms with van der Waals surface area (Å²) in [5.41, 5.74) is 0.251. The first-order valence-electron chi connectivity index (χ1n) is 6.90. The van der Waals surface area contributed by atoms with E-state index >= 15 is 0 Å². The van der Waals surface area contributed by atoms with Gasteiger partial charge in [0.05, 0.1) is 5.33 Å². The SMILES string of the molecule is CC1(c2nnc(CBr)n2C(C)(C)C)CCCCC1. The molecule has 0 radical (unpaired) electrons. The lowest BCUT2D eigenvalue weighted by Gasteiger charge is -2.36. The maximum absolute atomic E-state index is 4.53. The quantitative estimate of drug-likeness (QED) is 0.768. The fourth-order valence-electron chi connectivity index (χ4n) is 3.05. The Balaban J connectivity index is 2.47. The summed E-state index contributed by atoms with van der Waals surface area (Å²) in [6.45, 7) is 9.06. The number of hydrogen-bond acceptors (Lipinski definition) is 2. The maximum atomic E-state index is 4.53. The molecular formula is C14H24BrN3. The van der Waals surface area contributed by atoms with Crippen molar-refractivity contribution in [1.82, 2.24) is 14.8 Å². The van der Waals surface area contributed by atoms with Crippen LogP contribution in [0.5, 0.6) is 0 Å². The molecule has 0 saturated heterocycles. The Bertz CT molecular complexity index is 411. The lowest BCUT2D eigenvalue weighted by molar-refractivity contribution is 0.266. The van der Waals surface area contributed by atoms with Gasteiger partial charge < -0.3 is 4.57 Å². The van der Waals surface area contributed by atoms with Gasteiger partial charge in [0.2, 0.25) is 0 Å². The van der Waals surface area contributed by atoms with Crippen LogP contribution in [0.25, 0.3) is 0 Å². The van der Waals surface area contributed by atoms with Gasteiger partial charge in [-0.3, -0.25) is 0 Å². The van der Waals surface area contributed by atoms with Crippen molar-refractivity contribution in [2.75, 3.05) is 0 Å². The topological polar surface area (TPSA) is 30.7 Å². The molecule has 0 amide bonds. The first kappa shape index (κ1) is 14.0. The molecule has 0 bridgehead atoms. The molecule has 1 aromatic rings. The number of alkyl halides is 1. The van der Waals surface area contributed by atoms with E-state index in [1.165, 1.54) is 37.9 Å². The summed E-state index contributed by atoms with van der Waals surface area (Å²) in [4.78, 5) is 0. The number of nitrogens with zero attached hydrogens (tertiary/aromatic N) is 3.